The first kappa shape index (κ1) is 24.1. The Morgan fingerprint density at radius 1 is 1.03 bits per heavy atom. The highest BCUT2D eigenvalue weighted by Gasteiger charge is 2.19. The van der Waals surface area contributed by atoms with E-state index in [-0.39, 0.29) is 17.4 Å². The summed E-state index contributed by atoms with van der Waals surface area (Å²) in [4.78, 5) is 28.7. The zero-order valence-corrected chi connectivity index (χ0v) is 19.9. The van der Waals surface area contributed by atoms with E-state index in [1.54, 1.807) is 30.0 Å². The van der Waals surface area contributed by atoms with E-state index in [9.17, 15) is 9.59 Å². The lowest BCUT2D eigenvalue weighted by molar-refractivity contribution is 0.0952. The fourth-order valence-corrected chi connectivity index (χ4v) is 4.39. The molecule has 1 fully saturated rings. The molecule has 1 N–H and O–H groups in total. The van der Waals surface area contributed by atoms with Gasteiger partial charge < -0.3 is 24.3 Å². The van der Waals surface area contributed by atoms with Gasteiger partial charge >= 0.3 is 0 Å². The molecule has 7 nitrogen and oxygen atoms in total. The molecule has 0 atom stereocenters. The Bertz CT molecular complexity index is 975. The van der Waals surface area contributed by atoms with E-state index in [1.165, 1.54) is 32.8 Å². The Hall–Kier alpha value is -2.54. The number of pyridine rings is 1. The van der Waals surface area contributed by atoms with Gasteiger partial charge in [0.2, 0.25) is 0 Å². The maximum atomic E-state index is 13.2. The molecule has 7 heteroatoms. The first-order valence-electron chi connectivity index (χ1n) is 11.7. The second-order valence-electron chi connectivity index (χ2n) is 9.01. The van der Waals surface area contributed by atoms with Gasteiger partial charge in [0.25, 0.3) is 11.5 Å². The van der Waals surface area contributed by atoms with Crippen molar-refractivity contribution in [3.63, 3.8) is 0 Å². The lowest BCUT2D eigenvalue weighted by Gasteiger charge is -2.20. The van der Waals surface area contributed by atoms with Gasteiger partial charge in [-0.1, -0.05) is 26.7 Å². The molecule has 1 aromatic carbocycles. The highest BCUT2D eigenvalue weighted by Crippen LogP contribution is 2.32. The van der Waals surface area contributed by atoms with E-state index in [0.29, 0.717) is 40.9 Å². The first-order chi connectivity index (χ1) is 15.4. The predicted molar refractivity (Wildman–Crippen MR) is 128 cm³/mol. The van der Waals surface area contributed by atoms with Crippen LogP contribution >= 0.6 is 0 Å². The molecule has 1 aliphatic rings. The van der Waals surface area contributed by atoms with Crippen molar-refractivity contribution in [2.75, 3.05) is 40.4 Å². The van der Waals surface area contributed by atoms with Gasteiger partial charge in [0.1, 0.15) is 0 Å². The topological polar surface area (TPSA) is 72.8 Å². The van der Waals surface area contributed by atoms with E-state index >= 15 is 0 Å². The van der Waals surface area contributed by atoms with Crippen molar-refractivity contribution in [3.8, 4) is 11.5 Å². The van der Waals surface area contributed by atoms with Gasteiger partial charge in [-0.15, -0.1) is 0 Å². The zero-order valence-electron chi connectivity index (χ0n) is 19.9. The number of rotatable bonds is 9. The van der Waals surface area contributed by atoms with Gasteiger partial charge in [0, 0.05) is 24.7 Å². The van der Waals surface area contributed by atoms with Crippen molar-refractivity contribution in [3.05, 3.63) is 34.2 Å². The summed E-state index contributed by atoms with van der Waals surface area (Å²) in [6.45, 7) is 8.55. The normalized spacial score (nSPS) is 15.0. The summed E-state index contributed by atoms with van der Waals surface area (Å²) < 4.78 is 12.4. The van der Waals surface area contributed by atoms with E-state index in [1.807, 2.05) is 13.8 Å². The van der Waals surface area contributed by atoms with Gasteiger partial charge in [0.05, 0.1) is 25.2 Å². The third kappa shape index (κ3) is 5.82. The molecular weight excluding hydrogens is 406 g/mol. The molecule has 2 aromatic rings. The highest BCUT2D eigenvalue weighted by molar-refractivity contribution is 6.07. The fraction of sp³-hybridized carbons (Fsp3) is 0.600. The van der Waals surface area contributed by atoms with Crippen LogP contribution in [0.2, 0.25) is 0 Å². The van der Waals surface area contributed by atoms with Gasteiger partial charge in [-0.25, -0.2) is 0 Å². The van der Waals surface area contributed by atoms with Crippen LogP contribution in [0.25, 0.3) is 10.8 Å². The maximum Gasteiger partial charge on any atom is 0.258 e. The molecule has 0 spiro atoms. The summed E-state index contributed by atoms with van der Waals surface area (Å²) >= 11 is 0. The number of likely N-dealkylation sites (tertiary alicyclic amines) is 1. The van der Waals surface area contributed by atoms with E-state index in [2.05, 4.69) is 10.2 Å². The van der Waals surface area contributed by atoms with Crippen LogP contribution in [0.15, 0.2) is 23.1 Å². The average Bonchev–Trinajstić information content (AvgIpc) is 3.06. The van der Waals surface area contributed by atoms with Crippen LogP contribution in [0.3, 0.4) is 0 Å². The van der Waals surface area contributed by atoms with Crippen LogP contribution < -0.4 is 20.3 Å². The van der Waals surface area contributed by atoms with E-state index < -0.39 is 0 Å². The molecule has 32 heavy (non-hydrogen) atoms. The first-order valence-corrected chi connectivity index (χ1v) is 11.7. The largest absolute Gasteiger partial charge is 0.493 e. The van der Waals surface area contributed by atoms with E-state index in [0.717, 1.165) is 26.1 Å². The lowest BCUT2D eigenvalue weighted by Crippen LogP contribution is -2.32. The fourth-order valence-electron chi connectivity index (χ4n) is 4.39. The number of amides is 1. The molecule has 1 amide bonds. The molecule has 176 valence electrons. The van der Waals surface area contributed by atoms with Gasteiger partial charge in [-0.2, -0.15) is 0 Å². The molecule has 0 radical (unpaired) electrons. The summed E-state index contributed by atoms with van der Waals surface area (Å²) in [5.41, 5.74) is 0.350. The van der Waals surface area contributed by atoms with Gasteiger partial charge in [0.15, 0.2) is 11.5 Å². The molecule has 0 saturated carbocycles. The molecule has 0 aliphatic carbocycles. The minimum atomic E-state index is -0.171. The minimum absolute atomic E-state index is 0.132. The highest BCUT2D eigenvalue weighted by atomic mass is 16.5. The summed E-state index contributed by atoms with van der Waals surface area (Å²) in [5.74, 6) is 1.07. The van der Waals surface area contributed by atoms with Crippen molar-refractivity contribution in [2.24, 2.45) is 5.92 Å². The minimum Gasteiger partial charge on any atom is -0.493 e. The zero-order chi connectivity index (χ0) is 23.1. The number of carbonyl (C=O) groups excluding carboxylic acids is 1. The van der Waals surface area contributed by atoms with Crippen molar-refractivity contribution in [2.45, 2.75) is 52.5 Å². The summed E-state index contributed by atoms with van der Waals surface area (Å²) in [5, 5.41) is 4.10. The number of nitrogens with one attached hydrogen (secondary N) is 1. The number of hydrogen-bond acceptors (Lipinski definition) is 5. The summed E-state index contributed by atoms with van der Waals surface area (Å²) in [6.07, 6.45) is 7.76. The molecule has 1 aliphatic heterocycles. The molecule has 1 saturated heterocycles. The second-order valence-corrected chi connectivity index (χ2v) is 9.01. The summed E-state index contributed by atoms with van der Waals surface area (Å²) in [6, 6.07) is 3.39. The Kier molecular flexibility index (Phi) is 8.56. The smallest absolute Gasteiger partial charge is 0.258 e. The SMILES string of the molecule is COc1cc2c(C(=O)NCCCN3CCCCCC3)cn(CC(C)C)c(=O)c2cc1OC. The Labute approximate surface area is 190 Å². The molecule has 0 bridgehead atoms. The molecule has 0 unspecified atom stereocenters. The monoisotopic (exact) mass is 443 g/mol. The van der Waals surface area contributed by atoms with Crippen molar-refractivity contribution < 1.29 is 14.3 Å². The van der Waals surface area contributed by atoms with E-state index in [4.69, 9.17) is 9.47 Å². The Morgan fingerprint density at radius 2 is 1.66 bits per heavy atom. The van der Waals surface area contributed by atoms with Crippen LogP contribution in [-0.2, 0) is 6.54 Å². The van der Waals surface area contributed by atoms with Gasteiger partial charge in [-0.05, 0) is 56.9 Å². The third-order valence-electron chi connectivity index (χ3n) is 6.03. The molecule has 2 heterocycles. The lowest BCUT2D eigenvalue weighted by atomic mass is 10.0. The standard InChI is InChI=1S/C25H37N3O4/c1-18(2)16-28-17-21(19-14-22(31-3)23(32-4)15-20(19)25(28)30)24(29)26-10-9-13-27-11-7-5-6-8-12-27/h14-15,17-18H,5-13,16H2,1-4H3,(H,26,29). The molecular formula is C25H37N3O4. The third-order valence-corrected chi connectivity index (χ3v) is 6.03. The maximum absolute atomic E-state index is 13.2. The Morgan fingerprint density at radius 3 is 2.25 bits per heavy atom. The number of benzene rings is 1. The Balaban J connectivity index is 1.83. The average molecular weight is 444 g/mol. The van der Waals surface area contributed by atoms with Crippen LogP contribution in [0.5, 0.6) is 11.5 Å². The quantitative estimate of drug-likeness (QED) is 0.599. The number of fused-ring (bicyclic) bond motifs is 1. The number of carbonyl (C=O) groups is 1. The van der Waals surface area contributed by atoms with Crippen LogP contribution in [-0.4, -0.2) is 55.8 Å². The molecule has 3 rings (SSSR count). The van der Waals surface area contributed by atoms with Gasteiger partial charge in [-0.3, -0.25) is 9.59 Å². The van der Waals surface area contributed by atoms with Crippen molar-refractivity contribution in [1.82, 2.24) is 14.8 Å². The number of aromatic nitrogens is 1. The van der Waals surface area contributed by atoms with Crippen molar-refractivity contribution >= 4 is 16.7 Å². The van der Waals surface area contributed by atoms with Crippen LogP contribution in [0.1, 0.15) is 56.3 Å². The number of methoxy groups -OCH3 is 2. The molecule has 1 aromatic heterocycles. The number of nitrogens with zero attached hydrogens (tertiary/aromatic N) is 2. The second kappa shape index (κ2) is 11.4. The van der Waals surface area contributed by atoms with Crippen molar-refractivity contribution in [1.29, 1.82) is 0 Å². The number of hydrogen-bond donors (Lipinski definition) is 1. The van der Waals surface area contributed by atoms with Crippen LogP contribution in [0.4, 0.5) is 0 Å². The summed E-state index contributed by atoms with van der Waals surface area (Å²) in [7, 11) is 3.09. The predicted octanol–water partition coefficient (Wildman–Crippen LogP) is 3.67. The van der Waals surface area contributed by atoms with Crippen LogP contribution in [0, 0.1) is 5.92 Å². The number of ether oxygens (including phenoxy) is 2.